The zero-order valence-corrected chi connectivity index (χ0v) is 9.36. The van der Waals surface area contributed by atoms with Crippen LogP contribution in [0.3, 0.4) is 0 Å². The highest BCUT2D eigenvalue weighted by Gasteiger charge is 2.24. The Morgan fingerprint density at radius 2 is 2.00 bits per heavy atom. The van der Waals surface area contributed by atoms with Crippen molar-refractivity contribution in [3.63, 3.8) is 0 Å². The summed E-state index contributed by atoms with van der Waals surface area (Å²) in [4.78, 5) is 21.1. The van der Waals surface area contributed by atoms with Crippen LogP contribution in [0.2, 0.25) is 0 Å². The fraction of sp³-hybridized carbons (Fsp3) is 0.714. The van der Waals surface area contributed by atoms with Gasteiger partial charge in [-0.05, 0) is 0 Å². The number of nitrogens with one attached hydrogen (secondary N) is 1. The third-order valence-electron chi connectivity index (χ3n) is 1.57. The molecule has 8 nitrogen and oxygen atoms in total. The Hall–Kier alpha value is -1.19. The van der Waals surface area contributed by atoms with Crippen LogP contribution in [0.15, 0.2) is 0 Å². The molecule has 0 aromatic heterocycles. The van der Waals surface area contributed by atoms with Crippen LogP contribution in [0.4, 0.5) is 0 Å². The van der Waals surface area contributed by atoms with Gasteiger partial charge in [-0.25, -0.2) is 8.42 Å². The molecule has 0 heterocycles. The number of hydrogen-bond donors (Lipinski definition) is 3. The number of rotatable bonds is 7. The van der Waals surface area contributed by atoms with Crippen molar-refractivity contribution in [3.05, 3.63) is 0 Å². The molecule has 9 heteroatoms. The van der Waals surface area contributed by atoms with Crippen molar-refractivity contribution in [1.82, 2.24) is 4.72 Å². The Morgan fingerprint density at radius 1 is 1.44 bits per heavy atom. The number of aliphatic carboxylic acids is 1. The number of aliphatic hydroxyl groups is 1. The minimum Gasteiger partial charge on any atom is -0.481 e. The first-order valence-corrected chi connectivity index (χ1v) is 5.88. The highest BCUT2D eigenvalue weighted by Crippen LogP contribution is 1.95. The maximum Gasteiger partial charge on any atom is 0.326 e. The van der Waals surface area contributed by atoms with Crippen LogP contribution in [0.1, 0.15) is 6.42 Å². The summed E-state index contributed by atoms with van der Waals surface area (Å²) in [6.45, 7) is -0.765. The molecule has 1 unspecified atom stereocenters. The molecule has 1 atom stereocenters. The Bertz CT molecular complexity index is 350. The third-order valence-corrected chi connectivity index (χ3v) is 2.96. The molecule has 0 rings (SSSR count). The van der Waals surface area contributed by atoms with Gasteiger partial charge in [0.05, 0.1) is 25.9 Å². The molecule has 0 radical (unpaired) electrons. The molecule has 0 aromatic carbocycles. The summed E-state index contributed by atoms with van der Waals surface area (Å²) < 4.78 is 28.5. The number of hydrogen-bond acceptors (Lipinski definition) is 6. The van der Waals surface area contributed by atoms with Crippen molar-refractivity contribution in [2.45, 2.75) is 12.5 Å². The lowest BCUT2D eigenvalue weighted by Crippen LogP contribution is -2.45. The average Bonchev–Trinajstić information content (AvgIpc) is 2.22. The van der Waals surface area contributed by atoms with Crippen LogP contribution in [0.25, 0.3) is 0 Å². The largest absolute Gasteiger partial charge is 0.481 e. The molecule has 0 aromatic rings. The maximum absolute atomic E-state index is 11.2. The lowest BCUT2D eigenvalue weighted by Gasteiger charge is -2.13. The zero-order chi connectivity index (χ0) is 12.8. The number of methoxy groups -OCH3 is 1. The second kappa shape index (κ2) is 6.40. The van der Waals surface area contributed by atoms with Crippen LogP contribution in [0.5, 0.6) is 0 Å². The smallest absolute Gasteiger partial charge is 0.326 e. The third kappa shape index (κ3) is 5.63. The topological polar surface area (TPSA) is 130 Å². The first-order valence-electron chi connectivity index (χ1n) is 4.23. The van der Waals surface area contributed by atoms with Gasteiger partial charge in [0.15, 0.2) is 0 Å². The van der Waals surface area contributed by atoms with E-state index in [-0.39, 0.29) is 0 Å². The number of aliphatic hydroxyl groups excluding tert-OH is 1. The fourth-order valence-electron chi connectivity index (χ4n) is 0.800. The van der Waals surface area contributed by atoms with E-state index in [2.05, 4.69) is 4.74 Å². The molecule has 0 saturated heterocycles. The number of carboxylic acids is 1. The summed E-state index contributed by atoms with van der Waals surface area (Å²) in [6.07, 6.45) is -0.589. The van der Waals surface area contributed by atoms with E-state index in [0.717, 1.165) is 7.11 Å². The first kappa shape index (κ1) is 14.8. The lowest BCUT2D eigenvalue weighted by molar-refractivity contribution is -0.143. The van der Waals surface area contributed by atoms with E-state index in [4.69, 9.17) is 10.2 Å². The molecule has 0 bridgehead atoms. The summed E-state index contributed by atoms with van der Waals surface area (Å²) >= 11 is 0. The van der Waals surface area contributed by atoms with Gasteiger partial charge in [0.1, 0.15) is 6.04 Å². The molecule has 0 aliphatic carbocycles. The number of carbonyl (C=O) groups is 2. The number of sulfonamides is 1. The predicted molar refractivity (Wildman–Crippen MR) is 52.1 cm³/mol. The SMILES string of the molecule is COC(=O)C(CO)NS(=O)(=O)CCC(=O)O. The summed E-state index contributed by atoms with van der Waals surface area (Å²) in [5, 5.41) is 17.0. The average molecular weight is 255 g/mol. The minimum atomic E-state index is -3.93. The van der Waals surface area contributed by atoms with Gasteiger partial charge in [-0.2, -0.15) is 4.72 Å². The van der Waals surface area contributed by atoms with Crippen molar-refractivity contribution in [2.75, 3.05) is 19.5 Å². The summed E-state index contributed by atoms with van der Waals surface area (Å²) in [5.41, 5.74) is 0. The summed E-state index contributed by atoms with van der Waals surface area (Å²) in [6, 6.07) is -1.41. The van der Waals surface area contributed by atoms with Crippen molar-refractivity contribution in [1.29, 1.82) is 0 Å². The first-order chi connectivity index (χ1) is 7.32. The van der Waals surface area contributed by atoms with E-state index >= 15 is 0 Å². The van der Waals surface area contributed by atoms with Crippen LogP contribution >= 0.6 is 0 Å². The summed E-state index contributed by atoms with van der Waals surface area (Å²) in [7, 11) is -2.90. The normalized spacial score (nSPS) is 13.1. The molecular weight excluding hydrogens is 242 g/mol. The number of carboxylic acid groups (broad SMARTS) is 1. The van der Waals surface area contributed by atoms with E-state index < -0.39 is 46.8 Å². The summed E-state index contributed by atoms with van der Waals surface area (Å²) in [5.74, 6) is -2.89. The van der Waals surface area contributed by atoms with Gasteiger partial charge in [-0.15, -0.1) is 0 Å². The molecule has 3 N–H and O–H groups in total. The minimum absolute atomic E-state index is 0.589. The van der Waals surface area contributed by atoms with E-state index in [0.29, 0.717) is 0 Å². The van der Waals surface area contributed by atoms with Crippen LogP contribution in [-0.2, 0) is 24.3 Å². The zero-order valence-electron chi connectivity index (χ0n) is 8.54. The number of esters is 1. The maximum atomic E-state index is 11.2. The Balaban J connectivity index is 4.43. The van der Waals surface area contributed by atoms with Crippen molar-refractivity contribution < 1.29 is 33.0 Å². The van der Waals surface area contributed by atoms with E-state index in [1.807, 2.05) is 4.72 Å². The monoisotopic (exact) mass is 255 g/mol. The van der Waals surface area contributed by atoms with Gasteiger partial charge in [-0.3, -0.25) is 9.59 Å². The molecule has 0 saturated carbocycles. The second-order valence-corrected chi connectivity index (χ2v) is 4.71. The highest BCUT2D eigenvalue weighted by atomic mass is 32.2. The predicted octanol–water partition coefficient (Wildman–Crippen LogP) is -2.09. The van der Waals surface area contributed by atoms with Crippen LogP contribution < -0.4 is 4.72 Å². The van der Waals surface area contributed by atoms with Gasteiger partial charge < -0.3 is 14.9 Å². The molecule has 16 heavy (non-hydrogen) atoms. The fourth-order valence-corrected chi connectivity index (χ4v) is 1.96. The van der Waals surface area contributed by atoms with Crippen LogP contribution in [-0.4, -0.2) is 56.1 Å². The van der Waals surface area contributed by atoms with Crippen molar-refractivity contribution in [2.24, 2.45) is 0 Å². The molecule has 0 spiro atoms. The van der Waals surface area contributed by atoms with Gasteiger partial charge >= 0.3 is 11.9 Å². The van der Waals surface area contributed by atoms with Gasteiger partial charge in [-0.1, -0.05) is 0 Å². The van der Waals surface area contributed by atoms with E-state index in [1.165, 1.54) is 0 Å². The number of ether oxygens (including phenoxy) is 1. The molecule has 0 amide bonds. The molecule has 0 aliphatic heterocycles. The Labute approximate surface area is 92.3 Å². The van der Waals surface area contributed by atoms with Gasteiger partial charge in [0.2, 0.25) is 10.0 Å². The van der Waals surface area contributed by atoms with Crippen molar-refractivity contribution >= 4 is 22.0 Å². The molecule has 0 fully saturated rings. The highest BCUT2D eigenvalue weighted by molar-refractivity contribution is 7.89. The van der Waals surface area contributed by atoms with Gasteiger partial charge in [0, 0.05) is 0 Å². The van der Waals surface area contributed by atoms with Crippen molar-refractivity contribution in [3.8, 4) is 0 Å². The van der Waals surface area contributed by atoms with E-state index in [9.17, 15) is 18.0 Å². The second-order valence-electron chi connectivity index (χ2n) is 2.84. The Kier molecular flexibility index (Phi) is 5.93. The number of carbonyl (C=O) groups excluding carboxylic acids is 1. The van der Waals surface area contributed by atoms with Crippen LogP contribution in [0, 0.1) is 0 Å². The quantitative estimate of drug-likeness (QED) is 0.445. The molecule has 94 valence electrons. The molecule has 0 aliphatic rings. The Morgan fingerprint density at radius 3 is 2.38 bits per heavy atom. The standard InChI is InChI=1S/C7H13NO7S/c1-15-7(12)5(4-9)8-16(13,14)3-2-6(10)11/h5,8-9H,2-4H2,1H3,(H,10,11). The molecular formula is C7H13NO7S. The van der Waals surface area contributed by atoms with E-state index in [1.54, 1.807) is 0 Å². The van der Waals surface area contributed by atoms with Gasteiger partial charge in [0.25, 0.3) is 0 Å². The lowest BCUT2D eigenvalue weighted by atomic mass is 10.3.